The van der Waals surface area contributed by atoms with Crippen molar-refractivity contribution in [2.75, 3.05) is 54.8 Å². The van der Waals surface area contributed by atoms with E-state index in [2.05, 4.69) is 69.3 Å². The number of hydrogen-bond acceptors (Lipinski definition) is 7. The average molecular weight is 432 g/mol. The zero-order valence-electron chi connectivity index (χ0n) is 19.0. The number of rotatable bonds is 4. The minimum absolute atomic E-state index is 0.427. The Hall–Kier alpha value is -2.90. The van der Waals surface area contributed by atoms with Crippen LogP contribution in [0.4, 0.5) is 17.2 Å². The number of fused-ring (bicyclic) bond motifs is 1. The number of benzene rings is 1. The molecule has 0 amide bonds. The van der Waals surface area contributed by atoms with Gasteiger partial charge in [-0.25, -0.2) is 4.98 Å². The van der Waals surface area contributed by atoms with Gasteiger partial charge in [-0.3, -0.25) is 9.88 Å². The van der Waals surface area contributed by atoms with Gasteiger partial charge in [-0.05, 0) is 49.7 Å². The van der Waals surface area contributed by atoms with Crippen LogP contribution in [-0.4, -0.2) is 66.2 Å². The third-order valence-corrected chi connectivity index (χ3v) is 6.84. The lowest BCUT2D eigenvalue weighted by Gasteiger charge is -2.45. The topological polar surface area (TPSA) is 73.6 Å². The van der Waals surface area contributed by atoms with Gasteiger partial charge in [0.25, 0.3) is 0 Å². The van der Waals surface area contributed by atoms with Gasteiger partial charge in [0.2, 0.25) is 0 Å². The molecule has 0 radical (unpaired) electrons. The highest BCUT2D eigenvalue weighted by Crippen LogP contribution is 2.32. The zero-order valence-corrected chi connectivity index (χ0v) is 19.0. The van der Waals surface area contributed by atoms with Crippen LogP contribution in [0.3, 0.4) is 0 Å². The molecule has 0 spiro atoms. The third kappa shape index (κ3) is 4.10. The quantitative estimate of drug-likeness (QED) is 0.615. The van der Waals surface area contributed by atoms with Crippen LogP contribution in [0.2, 0.25) is 0 Å². The van der Waals surface area contributed by atoms with Gasteiger partial charge in [0, 0.05) is 81.4 Å². The van der Waals surface area contributed by atoms with E-state index in [9.17, 15) is 0 Å². The van der Waals surface area contributed by atoms with E-state index in [1.54, 1.807) is 0 Å². The minimum Gasteiger partial charge on any atom is -0.397 e. The van der Waals surface area contributed by atoms with Crippen LogP contribution in [-0.2, 0) is 6.54 Å². The van der Waals surface area contributed by atoms with E-state index in [1.165, 1.54) is 11.3 Å². The molecule has 0 saturated carbocycles. The molecule has 3 aromatic rings. The first-order valence-corrected chi connectivity index (χ1v) is 11.6. The highest BCUT2D eigenvalue weighted by atomic mass is 15.3. The van der Waals surface area contributed by atoms with Crippen LogP contribution in [0.1, 0.15) is 19.4 Å². The fourth-order valence-electron chi connectivity index (χ4n) is 5.12. The first-order valence-electron chi connectivity index (χ1n) is 11.6. The molecule has 0 bridgehead atoms. The number of anilines is 3. The van der Waals surface area contributed by atoms with Crippen LogP contribution in [0, 0.1) is 0 Å². The minimum atomic E-state index is 0.427. The second kappa shape index (κ2) is 8.92. The van der Waals surface area contributed by atoms with Crippen molar-refractivity contribution in [2.24, 2.45) is 0 Å². The largest absolute Gasteiger partial charge is 0.397 e. The second-order valence-corrected chi connectivity index (χ2v) is 9.11. The van der Waals surface area contributed by atoms with E-state index in [4.69, 9.17) is 10.7 Å². The molecule has 4 heterocycles. The molecule has 2 fully saturated rings. The number of pyridine rings is 2. The fraction of sp³-hybridized carbons (Fsp3) is 0.440. The van der Waals surface area contributed by atoms with Crippen molar-refractivity contribution in [3.8, 4) is 0 Å². The van der Waals surface area contributed by atoms with E-state index in [0.717, 1.165) is 68.2 Å². The fourth-order valence-corrected chi connectivity index (χ4v) is 5.12. The summed E-state index contributed by atoms with van der Waals surface area (Å²) in [4.78, 5) is 16.7. The molecule has 0 unspecified atom stereocenters. The van der Waals surface area contributed by atoms with Crippen molar-refractivity contribution in [1.29, 1.82) is 0 Å². The van der Waals surface area contributed by atoms with Crippen molar-refractivity contribution in [3.05, 3.63) is 54.4 Å². The normalized spacial score (nSPS) is 22.4. The number of hydrogen-bond donors (Lipinski definition) is 2. The molecule has 2 atom stereocenters. The first-order chi connectivity index (χ1) is 15.6. The smallest absolute Gasteiger partial charge is 0.128 e. The van der Waals surface area contributed by atoms with E-state index < -0.39 is 0 Å². The van der Waals surface area contributed by atoms with Crippen LogP contribution in [0.15, 0.2) is 48.8 Å². The molecular formula is C25H33N7. The maximum absolute atomic E-state index is 6.17. The molecular weight excluding hydrogens is 398 g/mol. The summed E-state index contributed by atoms with van der Waals surface area (Å²) < 4.78 is 0. The predicted octanol–water partition coefficient (Wildman–Crippen LogP) is 2.72. The van der Waals surface area contributed by atoms with Gasteiger partial charge in [-0.2, -0.15) is 0 Å². The number of nitrogens with two attached hydrogens (primary N) is 1. The molecule has 5 rings (SSSR count). The van der Waals surface area contributed by atoms with Crippen LogP contribution in [0.5, 0.6) is 0 Å². The molecule has 3 N–H and O–H groups in total. The monoisotopic (exact) mass is 431 g/mol. The number of nitrogens with zero attached hydrogens (tertiary/aromatic N) is 5. The number of piperazine rings is 2. The van der Waals surface area contributed by atoms with Gasteiger partial charge >= 0.3 is 0 Å². The zero-order chi connectivity index (χ0) is 22.1. The van der Waals surface area contributed by atoms with Crippen molar-refractivity contribution in [2.45, 2.75) is 32.5 Å². The van der Waals surface area contributed by atoms with E-state index in [0.29, 0.717) is 12.1 Å². The molecule has 2 aliphatic rings. The molecule has 32 heavy (non-hydrogen) atoms. The molecule has 2 saturated heterocycles. The lowest BCUT2D eigenvalue weighted by atomic mass is 10.0. The number of aromatic nitrogens is 2. The third-order valence-electron chi connectivity index (χ3n) is 6.84. The molecule has 7 heteroatoms. The predicted molar refractivity (Wildman–Crippen MR) is 132 cm³/mol. The highest BCUT2D eigenvalue weighted by Gasteiger charge is 2.30. The molecule has 2 aromatic heterocycles. The Kier molecular flexibility index (Phi) is 5.85. The Labute approximate surface area is 190 Å². The van der Waals surface area contributed by atoms with Crippen molar-refractivity contribution in [1.82, 2.24) is 20.2 Å². The van der Waals surface area contributed by atoms with Gasteiger partial charge in [0.1, 0.15) is 5.82 Å². The Morgan fingerprint density at radius 3 is 2.47 bits per heavy atom. The molecule has 0 aliphatic carbocycles. The Bertz CT molecular complexity index is 1050. The summed E-state index contributed by atoms with van der Waals surface area (Å²) in [6.07, 6.45) is 3.87. The van der Waals surface area contributed by atoms with Gasteiger partial charge in [0.15, 0.2) is 0 Å². The second-order valence-electron chi connectivity index (χ2n) is 9.11. The summed E-state index contributed by atoms with van der Waals surface area (Å²) in [6.45, 7) is 11.6. The summed E-state index contributed by atoms with van der Waals surface area (Å²) in [6, 6.07) is 13.5. The molecule has 7 nitrogen and oxygen atoms in total. The number of nitrogen functional groups attached to an aromatic ring is 1. The van der Waals surface area contributed by atoms with Crippen molar-refractivity contribution >= 4 is 28.1 Å². The molecule has 1 aromatic carbocycles. The first kappa shape index (κ1) is 21.0. The summed E-state index contributed by atoms with van der Waals surface area (Å²) in [5.74, 6) is 1.09. The lowest BCUT2D eigenvalue weighted by Crippen LogP contribution is -2.56. The van der Waals surface area contributed by atoms with Gasteiger partial charge in [-0.1, -0.05) is 6.07 Å². The van der Waals surface area contributed by atoms with E-state index in [1.807, 2.05) is 18.3 Å². The lowest BCUT2D eigenvalue weighted by molar-refractivity contribution is 0.123. The molecule has 2 aliphatic heterocycles. The Morgan fingerprint density at radius 2 is 1.75 bits per heavy atom. The SMILES string of the molecule is C[C@@H]1CN(c2ccc(N)c3ncccc23)C[C@H](C)N1Cc1ccc(N2CCNCC2)nc1. The van der Waals surface area contributed by atoms with Crippen LogP contribution in [0.25, 0.3) is 10.9 Å². The van der Waals surface area contributed by atoms with Crippen molar-refractivity contribution in [3.63, 3.8) is 0 Å². The maximum atomic E-state index is 6.17. The Morgan fingerprint density at radius 1 is 0.969 bits per heavy atom. The maximum Gasteiger partial charge on any atom is 0.128 e. The van der Waals surface area contributed by atoms with Crippen LogP contribution >= 0.6 is 0 Å². The summed E-state index contributed by atoms with van der Waals surface area (Å²) in [5.41, 5.74) is 10.3. The van der Waals surface area contributed by atoms with E-state index in [-0.39, 0.29) is 0 Å². The van der Waals surface area contributed by atoms with Gasteiger partial charge < -0.3 is 20.9 Å². The van der Waals surface area contributed by atoms with E-state index >= 15 is 0 Å². The standard InChI is InChI=1S/C25H33N7/c1-18-15-31(23-7-6-22(26)25-21(23)4-3-9-28-25)16-19(2)32(18)17-20-5-8-24(29-14-20)30-12-10-27-11-13-30/h3-9,14,18-19,27H,10-13,15-17,26H2,1-2H3/t18-,19+. The average Bonchev–Trinajstić information content (AvgIpc) is 2.83. The summed E-state index contributed by atoms with van der Waals surface area (Å²) in [5, 5.41) is 4.53. The van der Waals surface area contributed by atoms with Gasteiger partial charge in [0.05, 0.1) is 11.2 Å². The summed E-state index contributed by atoms with van der Waals surface area (Å²) in [7, 11) is 0. The summed E-state index contributed by atoms with van der Waals surface area (Å²) >= 11 is 0. The Balaban J connectivity index is 1.29. The number of nitrogens with one attached hydrogen (secondary N) is 1. The van der Waals surface area contributed by atoms with Crippen LogP contribution < -0.4 is 20.9 Å². The molecule has 168 valence electrons. The van der Waals surface area contributed by atoms with Crippen molar-refractivity contribution < 1.29 is 0 Å². The highest BCUT2D eigenvalue weighted by molar-refractivity contribution is 5.98. The van der Waals surface area contributed by atoms with Gasteiger partial charge in [-0.15, -0.1) is 0 Å².